The first-order chi connectivity index (χ1) is 15.9. The van der Waals surface area contributed by atoms with Gasteiger partial charge in [-0.1, -0.05) is 0 Å². The monoisotopic (exact) mass is 444 g/mol. The molecule has 0 radical (unpaired) electrons. The van der Waals surface area contributed by atoms with Crippen molar-refractivity contribution in [2.24, 2.45) is 0 Å². The summed E-state index contributed by atoms with van der Waals surface area (Å²) in [6.07, 6.45) is 3.70. The Morgan fingerprint density at radius 2 is 1.88 bits per heavy atom. The lowest BCUT2D eigenvalue weighted by atomic mass is 10.1. The van der Waals surface area contributed by atoms with E-state index >= 15 is 0 Å². The molecule has 4 aromatic rings. The summed E-state index contributed by atoms with van der Waals surface area (Å²) in [6, 6.07) is 9.87. The van der Waals surface area contributed by atoms with Crippen LogP contribution in [0.15, 0.2) is 47.5 Å². The Morgan fingerprint density at radius 3 is 2.61 bits per heavy atom. The van der Waals surface area contributed by atoms with Crippen LogP contribution in [-0.2, 0) is 6.54 Å². The molecule has 0 aliphatic carbocycles. The fourth-order valence-corrected chi connectivity index (χ4v) is 4.75. The van der Waals surface area contributed by atoms with Gasteiger partial charge in [0.1, 0.15) is 5.52 Å². The molecule has 1 aliphatic heterocycles. The number of carbonyl (C=O) groups is 1. The van der Waals surface area contributed by atoms with Crippen molar-refractivity contribution in [1.82, 2.24) is 24.6 Å². The summed E-state index contributed by atoms with van der Waals surface area (Å²) in [5.41, 5.74) is 7.43. The molecule has 1 aromatic carbocycles. The summed E-state index contributed by atoms with van der Waals surface area (Å²) in [5, 5.41) is 2.68. The average Bonchev–Trinajstić information content (AvgIpc) is 3.21. The lowest BCUT2D eigenvalue weighted by Crippen LogP contribution is -2.46. The van der Waals surface area contributed by atoms with Gasteiger partial charge in [-0.05, 0) is 60.9 Å². The van der Waals surface area contributed by atoms with Crippen molar-refractivity contribution in [3.63, 3.8) is 0 Å². The van der Waals surface area contributed by atoms with Crippen LogP contribution in [0.4, 0.5) is 5.69 Å². The highest BCUT2D eigenvalue weighted by Crippen LogP contribution is 2.24. The number of fused-ring (bicyclic) bond motifs is 3. The highest BCUT2D eigenvalue weighted by Gasteiger charge is 2.20. The van der Waals surface area contributed by atoms with Crippen molar-refractivity contribution < 1.29 is 4.79 Å². The number of aromatic amines is 1. The number of nitrogens with zero attached hydrogens (tertiary/aromatic N) is 4. The molecule has 33 heavy (non-hydrogen) atoms. The van der Waals surface area contributed by atoms with E-state index in [0.717, 1.165) is 66.0 Å². The van der Waals surface area contributed by atoms with Crippen LogP contribution in [0.2, 0.25) is 0 Å². The largest absolute Gasteiger partial charge is 0.369 e. The zero-order chi connectivity index (χ0) is 23.1. The number of aromatic nitrogens is 3. The third kappa shape index (κ3) is 3.87. The predicted octanol–water partition coefficient (Wildman–Crippen LogP) is 2.47. The molecule has 8 heteroatoms. The van der Waals surface area contributed by atoms with E-state index in [1.165, 1.54) is 5.69 Å². The number of hydrogen-bond acceptors (Lipinski definition) is 5. The first kappa shape index (κ1) is 21.2. The molecule has 0 saturated carbocycles. The smallest absolute Gasteiger partial charge is 0.330 e. The number of aryl methyl sites for hydroxylation is 2. The average molecular weight is 445 g/mol. The van der Waals surface area contributed by atoms with Gasteiger partial charge in [0.05, 0.1) is 11.0 Å². The Bertz CT molecular complexity index is 1410. The first-order valence-electron chi connectivity index (χ1n) is 11.2. The van der Waals surface area contributed by atoms with Crippen LogP contribution in [0.5, 0.6) is 0 Å². The fraction of sp³-hybridized carbons (Fsp3) is 0.320. The normalized spacial score (nSPS) is 14.8. The Hall–Kier alpha value is -3.65. The van der Waals surface area contributed by atoms with Crippen molar-refractivity contribution >= 4 is 28.1 Å². The van der Waals surface area contributed by atoms with Crippen molar-refractivity contribution in [1.29, 1.82) is 0 Å². The molecule has 0 unspecified atom stereocenters. The van der Waals surface area contributed by atoms with Crippen molar-refractivity contribution in [3.8, 4) is 0 Å². The summed E-state index contributed by atoms with van der Waals surface area (Å²) in [7, 11) is 1.65. The number of piperazine rings is 1. The van der Waals surface area contributed by atoms with E-state index in [-0.39, 0.29) is 11.6 Å². The van der Waals surface area contributed by atoms with Crippen LogP contribution >= 0.6 is 0 Å². The first-order valence-corrected chi connectivity index (χ1v) is 11.2. The van der Waals surface area contributed by atoms with Gasteiger partial charge in [0.2, 0.25) is 0 Å². The van der Waals surface area contributed by atoms with Gasteiger partial charge in [0.25, 0.3) is 5.91 Å². The van der Waals surface area contributed by atoms with Crippen LogP contribution in [0.1, 0.15) is 27.0 Å². The second-order valence-corrected chi connectivity index (χ2v) is 8.73. The molecule has 1 aliphatic rings. The number of nitrogens with one attached hydrogen (secondary N) is 2. The number of carbonyl (C=O) groups excluding carboxylic acids is 1. The highest BCUT2D eigenvalue weighted by molar-refractivity contribution is 5.94. The van der Waals surface area contributed by atoms with E-state index in [0.29, 0.717) is 5.56 Å². The van der Waals surface area contributed by atoms with Gasteiger partial charge in [0, 0.05) is 63.4 Å². The zero-order valence-electron chi connectivity index (χ0n) is 19.2. The molecule has 0 atom stereocenters. The molecular weight excluding hydrogens is 416 g/mol. The molecule has 0 spiro atoms. The Kier molecular flexibility index (Phi) is 5.38. The third-order valence-corrected chi connectivity index (χ3v) is 6.52. The number of H-pyrrole nitrogens is 1. The molecule has 4 heterocycles. The van der Waals surface area contributed by atoms with Crippen molar-refractivity contribution in [3.05, 3.63) is 75.5 Å². The topological polar surface area (TPSA) is 85.7 Å². The van der Waals surface area contributed by atoms with Crippen molar-refractivity contribution in [2.75, 3.05) is 38.1 Å². The molecule has 8 nitrogen and oxygen atoms in total. The molecule has 2 N–H and O–H groups in total. The summed E-state index contributed by atoms with van der Waals surface area (Å²) >= 11 is 0. The van der Waals surface area contributed by atoms with Crippen LogP contribution in [-0.4, -0.2) is 58.4 Å². The van der Waals surface area contributed by atoms with Crippen LogP contribution < -0.4 is 15.9 Å². The highest BCUT2D eigenvalue weighted by atomic mass is 16.1. The van der Waals surface area contributed by atoms with Gasteiger partial charge in [-0.3, -0.25) is 19.1 Å². The molecule has 1 fully saturated rings. The minimum atomic E-state index is -0.143. The van der Waals surface area contributed by atoms with Gasteiger partial charge in [-0.25, -0.2) is 4.79 Å². The number of amides is 1. The van der Waals surface area contributed by atoms with Crippen LogP contribution in [0, 0.1) is 13.8 Å². The molecule has 5 rings (SSSR count). The zero-order valence-corrected chi connectivity index (χ0v) is 19.2. The Morgan fingerprint density at radius 1 is 1.09 bits per heavy atom. The van der Waals surface area contributed by atoms with E-state index in [1.807, 2.05) is 43.5 Å². The van der Waals surface area contributed by atoms with E-state index in [4.69, 9.17) is 4.98 Å². The maximum Gasteiger partial charge on any atom is 0.330 e. The molecule has 170 valence electrons. The van der Waals surface area contributed by atoms with E-state index in [9.17, 15) is 9.59 Å². The number of benzene rings is 1. The second-order valence-electron chi connectivity index (χ2n) is 8.73. The lowest BCUT2D eigenvalue weighted by Gasteiger charge is -2.37. The van der Waals surface area contributed by atoms with Gasteiger partial charge in [0.15, 0.2) is 0 Å². The Labute approximate surface area is 191 Å². The molecule has 0 bridgehead atoms. The summed E-state index contributed by atoms with van der Waals surface area (Å²) < 4.78 is 1.62. The number of anilines is 1. The maximum atomic E-state index is 12.4. The number of rotatable bonds is 4. The van der Waals surface area contributed by atoms with Gasteiger partial charge >= 0.3 is 5.69 Å². The molecule has 1 amide bonds. The SMILES string of the molecule is CNC(=O)c1ccc(N2CCN(Cc3cnc4c(c3)[nH]c(=O)n3ccc(C)c43)CC2)c(C)c1. The summed E-state index contributed by atoms with van der Waals surface area (Å²) in [4.78, 5) is 36.7. The summed E-state index contributed by atoms with van der Waals surface area (Å²) in [6.45, 7) is 8.54. The van der Waals surface area contributed by atoms with Gasteiger partial charge in [-0.15, -0.1) is 0 Å². The number of pyridine rings is 1. The third-order valence-electron chi connectivity index (χ3n) is 6.52. The maximum absolute atomic E-state index is 12.4. The fourth-order valence-electron chi connectivity index (χ4n) is 4.75. The van der Waals surface area contributed by atoms with E-state index in [1.54, 1.807) is 17.6 Å². The molecular formula is C25H28N6O2. The van der Waals surface area contributed by atoms with Gasteiger partial charge < -0.3 is 15.2 Å². The van der Waals surface area contributed by atoms with Crippen LogP contribution in [0.3, 0.4) is 0 Å². The predicted molar refractivity (Wildman–Crippen MR) is 130 cm³/mol. The van der Waals surface area contributed by atoms with Crippen molar-refractivity contribution in [2.45, 2.75) is 20.4 Å². The minimum Gasteiger partial charge on any atom is -0.369 e. The van der Waals surface area contributed by atoms with E-state index in [2.05, 4.69) is 27.0 Å². The summed E-state index contributed by atoms with van der Waals surface area (Å²) in [5.74, 6) is -0.0623. The van der Waals surface area contributed by atoms with E-state index < -0.39 is 0 Å². The molecule has 1 saturated heterocycles. The van der Waals surface area contributed by atoms with Crippen LogP contribution in [0.25, 0.3) is 16.6 Å². The lowest BCUT2D eigenvalue weighted by molar-refractivity contribution is 0.0963. The number of hydrogen-bond donors (Lipinski definition) is 2. The van der Waals surface area contributed by atoms with Gasteiger partial charge in [-0.2, -0.15) is 0 Å². The Balaban J connectivity index is 1.29. The standard InChI is InChI=1S/C25H28N6O2/c1-16-6-7-31-23(16)22-20(28-25(31)33)13-18(14-27-22)15-29-8-10-30(11-9-29)21-5-4-19(12-17(21)2)24(32)26-3/h4-7,12-14H,8-11,15H2,1-3H3,(H,26,32)(H,28,33). The second kappa shape index (κ2) is 8.37. The minimum absolute atomic E-state index is 0.0623. The molecule has 3 aromatic heterocycles. The quantitative estimate of drug-likeness (QED) is 0.505.